The molecule has 9 heteroatoms. The summed E-state index contributed by atoms with van der Waals surface area (Å²) in [5.41, 5.74) is 2.66. The van der Waals surface area contributed by atoms with E-state index in [0.717, 1.165) is 16.3 Å². The monoisotopic (exact) mass is 493 g/mol. The third-order valence-corrected chi connectivity index (χ3v) is 6.52. The molecule has 0 aliphatic rings. The maximum atomic E-state index is 6.46. The predicted octanol–water partition coefficient (Wildman–Crippen LogP) is 6.64. The molecule has 0 aliphatic heterocycles. The van der Waals surface area contributed by atoms with Crippen LogP contribution in [0.3, 0.4) is 0 Å². The highest BCUT2D eigenvalue weighted by Crippen LogP contribution is 2.32. The molecule has 0 spiro atoms. The number of nitrogens with zero attached hydrogens (tertiary/aromatic N) is 5. The van der Waals surface area contributed by atoms with Crippen LogP contribution in [0.5, 0.6) is 0 Å². The highest BCUT2D eigenvalue weighted by molar-refractivity contribution is 7.98. The molecule has 164 valence electrons. The van der Waals surface area contributed by atoms with E-state index in [1.807, 2.05) is 65.2 Å². The van der Waals surface area contributed by atoms with Crippen molar-refractivity contribution in [1.82, 2.24) is 25.0 Å². The Morgan fingerprint density at radius 1 is 0.727 bits per heavy atom. The molecule has 2 aromatic heterocycles. The van der Waals surface area contributed by atoms with Crippen molar-refractivity contribution in [3.8, 4) is 22.8 Å². The topological polar surface area (TPSA) is 69.6 Å². The third-order valence-electron chi connectivity index (χ3n) is 4.91. The Hall–Kier alpha value is -3.13. The minimum atomic E-state index is 0.388. The molecule has 0 saturated carbocycles. The lowest BCUT2D eigenvalue weighted by molar-refractivity contribution is 0.528. The number of hydrogen-bond donors (Lipinski definition) is 0. The molecule has 0 saturated heterocycles. The molecule has 2 heterocycles. The molecule has 0 N–H and O–H groups in total. The van der Waals surface area contributed by atoms with Crippen molar-refractivity contribution in [2.24, 2.45) is 0 Å². The van der Waals surface area contributed by atoms with Crippen LogP contribution in [0, 0.1) is 0 Å². The Kier molecular flexibility index (Phi) is 6.44. The Morgan fingerprint density at radius 2 is 1.39 bits per heavy atom. The zero-order valence-electron chi connectivity index (χ0n) is 17.2. The van der Waals surface area contributed by atoms with Crippen molar-refractivity contribution in [3.63, 3.8) is 0 Å². The van der Waals surface area contributed by atoms with Crippen molar-refractivity contribution in [2.75, 3.05) is 0 Å². The van der Waals surface area contributed by atoms with Gasteiger partial charge in [0.15, 0.2) is 11.0 Å². The molecule has 0 atom stereocenters. The summed E-state index contributed by atoms with van der Waals surface area (Å²) < 4.78 is 7.88. The molecular weight excluding hydrogens is 477 g/mol. The number of hydrogen-bond acceptors (Lipinski definition) is 6. The predicted molar refractivity (Wildman–Crippen MR) is 130 cm³/mol. The van der Waals surface area contributed by atoms with Gasteiger partial charge in [0.2, 0.25) is 11.8 Å². The van der Waals surface area contributed by atoms with E-state index >= 15 is 0 Å². The molecule has 0 aliphatic carbocycles. The first kappa shape index (κ1) is 21.7. The van der Waals surface area contributed by atoms with Crippen LogP contribution in [-0.2, 0) is 12.3 Å². The van der Waals surface area contributed by atoms with E-state index in [0.29, 0.717) is 45.5 Å². The molecule has 0 radical (unpaired) electrons. The smallest absolute Gasteiger partial charge is 0.249 e. The average Bonchev–Trinajstić information content (AvgIpc) is 3.46. The van der Waals surface area contributed by atoms with E-state index in [9.17, 15) is 0 Å². The summed E-state index contributed by atoms with van der Waals surface area (Å²) in [5, 5.41) is 19.1. The van der Waals surface area contributed by atoms with Gasteiger partial charge in [0.1, 0.15) is 0 Å². The van der Waals surface area contributed by atoms with Crippen LogP contribution in [0.1, 0.15) is 11.5 Å². The molecule has 5 aromatic rings. The molecule has 0 amide bonds. The second-order valence-corrected chi connectivity index (χ2v) is 8.88. The minimum absolute atomic E-state index is 0.388. The third kappa shape index (κ3) is 4.80. The molecule has 0 fully saturated rings. The Labute approximate surface area is 204 Å². The van der Waals surface area contributed by atoms with E-state index in [2.05, 4.69) is 32.5 Å². The quantitative estimate of drug-likeness (QED) is 0.236. The fourth-order valence-corrected chi connectivity index (χ4v) is 4.54. The van der Waals surface area contributed by atoms with Crippen LogP contribution in [0.4, 0.5) is 0 Å². The van der Waals surface area contributed by atoms with Gasteiger partial charge < -0.3 is 4.42 Å². The summed E-state index contributed by atoms with van der Waals surface area (Å²) in [6, 6.07) is 25.1. The average molecular weight is 494 g/mol. The van der Waals surface area contributed by atoms with Gasteiger partial charge in [-0.3, -0.25) is 4.57 Å². The number of halogens is 2. The van der Waals surface area contributed by atoms with Gasteiger partial charge in [-0.1, -0.05) is 89.6 Å². The molecule has 3 aromatic carbocycles. The number of aromatic nitrogens is 5. The maximum Gasteiger partial charge on any atom is 0.249 e. The summed E-state index contributed by atoms with van der Waals surface area (Å²) >= 11 is 14.2. The van der Waals surface area contributed by atoms with Crippen LogP contribution < -0.4 is 0 Å². The first-order valence-electron chi connectivity index (χ1n) is 10.1. The fourth-order valence-electron chi connectivity index (χ4n) is 3.33. The first-order valence-corrected chi connectivity index (χ1v) is 11.9. The van der Waals surface area contributed by atoms with Crippen LogP contribution in [-0.4, -0.2) is 25.0 Å². The van der Waals surface area contributed by atoms with Crippen molar-refractivity contribution in [2.45, 2.75) is 17.5 Å². The second-order valence-electron chi connectivity index (χ2n) is 7.13. The normalized spacial score (nSPS) is 11.1. The van der Waals surface area contributed by atoms with E-state index in [1.165, 1.54) is 11.8 Å². The lowest BCUT2D eigenvalue weighted by Gasteiger charge is -2.11. The van der Waals surface area contributed by atoms with Crippen LogP contribution >= 0.6 is 35.0 Å². The van der Waals surface area contributed by atoms with Crippen LogP contribution in [0.25, 0.3) is 22.8 Å². The summed E-state index contributed by atoms with van der Waals surface area (Å²) in [4.78, 5) is 0. The zero-order chi connectivity index (χ0) is 22.6. The molecule has 6 nitrogen and oxygen atoms in total. The van der Waals surface area contributed by atoms with E-state index in [1.54, 1.807) is 6.07 Å². The minimum Gasteiger partial charge on any atom is -0.420 e. The number of rotatable bonds is 7. The highest BCUT2D eigenvalue weighted by Gasteiger charge is 2.18. The number of thioether (sulfide) groups is 1. The second kappa shape index (κ2) is 9.79. The number of benzene rings is 3. The fraction of sp³-hybridized carbons (Fsp3) is 0.0833. The largest absolute Gasteiger partial charge is 0.420 e. The lowest BCUT2D eigenvalue weighted by atomic mass is 10.2. The van der Waals surface area contributed by atoms with Crippen molar-refractivity contribution in [1.29, 1.82) is 0 Å². The lowest BCUT2D eigenvalue weighted by Crippen LogP contribution is -2.04. The van der Waals surface area contributed by atoms with E-state index < -0.39 is 0 Å². The van der Waals surface area contributed by atoms with Crippen molar-refractivity contribution in [3.05, 3.63) is 100 Å². The zero-order valence-corrected chi connectivity index (χ0v) is 19.6. The molecule has 5 rings (SSSR count). The van der Waals surface area contributed by atoms with Crippen molar-refractivity contribution < 1.29 is 4.42 Å². The Balaban J connectivity index is 1.43. The Morgan fingerprint density at radius 3 is 2.12 bits per heavy atom. The van der Waals surface area contributed by atoms with Gasteiger partial charge in [-0.25, -0.2) is 0 Å². The van der Waals surface area contributed by atoms with Crippen molar-refractivity contribution >= 4 is 35.0 Å². The van der Waals surface area contributed by atoms with E-state index in [4.69, 9.17) is 27.6 Å². The van der Waals surface area contributed by atoms with Crippen LogP contribution in [0.2, 0.25) is 10.0 Å². The molecule has 33 heavy (non-hydrogen) atoms. The maximum absolute atomic E-state index is 6.46. The van der Waals surface area contributed by atoms with Gasteiger partial charge in [-0.15, -0.1) is 20.4 Å². The first-order chi connectivity index (χ1) is 16.2. The summed E-state index contributed by atoms with van der Waals surface area (Å²) in [7, 11) is 0. The summed E-state index contributed by atoms with van der Waals surface area (Å²) in [6.07, 6.45) is 0. The van der Waals surface area contributed by atoms with Gasteiger partial charge in [0.25, 0.3) is 0 Å². The van der Waals surface area contributed by atoms with Crippen LogP contribution in [0.15, 0.2) is 88.4 Å². The molecular formula is C24H17Cl2N5OS. The SMILES string of the molecule is Clc1ccccc1-c1nnc(CSc2nnc(-c3ccccc3Cl)n2Cc2ccccc2)o1. The van der Waals surface area contributed by atoms with E-state index in [-0.39, 0.29) is 0 Å². The van der Waals surface area contributed by atoms with Gasteiger partial charge in [0, 0.05) is 5.56 Å². The van der Waals surface area contributed by atoms with Gasteiger partial charge in [-0.2, -0.15) is 0 Å². The van der Waals surface area contributed by atoms with Gasteiger partial charge >= 0.3 is 0 Å². The highest BCUT2D eigenvalue weighted by atomic mass is 35.5. The summed E-state index contributed by atoms with van der Waals surface area (Å²) in [5.74, 6) is 2.00. The van der Waals surface area contributed by atoms with Gasteiger partial charge in [0.05, 0.1) is 27.9 Å². The molecule has 0 bridgehead atoms. The van der Waals surface area contributed by atoms with Gasteiger partial charge in [-0.05, 0) is 29.8 Å². The standard InChI is InChI=1S/C24H17Cl2N5OS/c25-19-12-6-4-10-17(19)22-28-30-24(31(22)14-16-8-2-1-3-9-16)33-15-21-27-29-23(32-21)18-11-5-7-13-20(18)26/h1-13H,14-15H2. The molecule has 0 unspecified atom stereocenters. The summed E-state index contributed by atoms with van der Waals surface area (Å²) in [6.45, 7) is 0.603. The Bertz CT molecular complexity index is 1390.